The summed E-state index contributed by atoms with van der Waals surface area (Å²) in [5.74, 6) is 0. The van der Waals surface area contributed by atoms with Gasteiger partial charge in [0.1, 0.15) is 0 Å². The van der Waals surface area contributed by atoms with Gasteiger partial charge in [-0.3, -0.25) is 0 Å². The molecule has 0 atom stereocenters. The molecule has 0 aromatic rings. The fourth-order valence-corrected chi connectivity index (χ4v) is 1.19. The number of hydrogen-bond acceptors (Lipinski definition) is 1. The Morgan fingerprint density at radius 1 is 1.25 bits per heavy atom. The molecule has 0 aliphatic heterocycles. The minimum absolute atomic E-state index is 0.966. The molecule has 0 aromatic carbocycles. The second-order valence-corrected chi connectivity index (χ2v) is 3.06. The number of allylic oxidation sites excluding steroid dienone is 2. The molecular formula is C11H19N. The Labute approximate surface area is 76.1 Å². The first-order valence-corrected chi connectivity index (χ1v) is 4.94. The van der Waals surface area contributed by atoms with E-state index in [9.17, 15) is 0 Å². The van der Waals surface area contributed by atoms with Crippen LogP contribution < -0.4 is 0 Å². The zero-order valence-corrected chi connectivity index (χ0v) is 8.27. The highest BCUT2D eigenvalue weighted by molar-refractivity contribution is 5.19. The summed E-state index contributed by atoms with van der Waals surface area (Å²) < 4.78 is 0. The molecule has 12 heavy (non-hydrogen) atoms. The maximum atomic E-state index is 8.70. The first-order chi connectivity index (χ1) is 5.85. The van der Waals surface area contributed by atoms with Crippen LogP contribution in [-0.2, 0) is 0 Å². The molecule has 1 heteroatoms. The molecule has 0 aliphatic carbocycles. The monoisotopic (exact) mass is 165 g/mol. The Kier molecular flexibility index (Phi) is 7.79. The van der Waals surface area contributed by atoms with Crippen molar-refractivity contribution in [1.82, 2.24) is 0 Å². The normalized spacial score (nSPS) is 11.2. The third-order valence-corrected chi connectivity index (χ3v) is 1.89. The van der Waals surface area contributed by atoms with Gasteiger partial charge in [0.25, 0.3) is 0 Å². The third-order valence-electron chi connectivity index (χ3n) is 1.89. The van der Waals surface area contributed by atoms with Crippen molar-refractivity contribution >= 4 is 0 Å². The molecule has 0 N–H and O–H groups in total. The van der Waals surface area contributed by atoms with Crippen molar-refractivity contribution in [1.29, 1.82) is 5.26 Å². The van der Waals surface area contributed by atoms with Crippen LogP contribution in [0.25, 0.3) is 0 Å². The van der Waals surface area contributed by atoms with E-state index in [-0.39, 0.29) is 0 Å². The van der Waals surface area contributed by atoms with E-state index in [0.29, 0.717) is 0 Å². The lowest BCUT2D eigenvalue weighted by molar-refractivity contribution is 0.668. The van der Waals surface area contributed by atoms with Gasteiger partial charge in [0.05, 0.1) is 6.07 Å². The number of rotatable bonds is 6. The Morgan fingerprint density at radius 2 is 2.00 bits per heavy atom. The second kappa shape index (κ2) is 8.33. The number of unbranched alkanes of at least 4 members (excludes halogenated alkanes) is 3. The minimum atomic E-state index is 0.966. The average Bonchev–Trinajstić information content (AvgIpc) is 2.10. The van der Waals surface area contributed by atoms with Crippen molar-refractivity contribution in [3.05, 3.63) is 11.6 Å². The predicted molar refractivity (Wildman–Crippen MR) is 52.7 cm³/mol. The lowest BCUT2D eigenvalue weighted by Gasteiger charge is -1.97. The molecule has 0 heterocycles. The molecule has 0 spiro atoms. The van der Waals surface area contributed by atoms with E-state index in [1.807, 2.05) is 6.08 Å². The molecule has 1 nitrogen and oxygen atoms in total. The largest absolute Gasteiger partial charge is 0.193 e. The third kappa shape index (κ3) is 5.97. The van der Waals surface area contributed by atoms with E-state index in [1.165, 1.54) is 25.7 Å². The summed E-state index contributed by atoms with van der Waals surface area (Å²) in [6.45, 7) is 4.27. The van der Waals surface area contributed by atoms with Gasteiger partial charge < -0.3 is 0 Å². The Morgan fingerprint density at radius 3 is 2.50 bits per heavy atom. The summed E-state index contributed by atoms with van der Waals surface area (Å²) in [7, 11) is 0. The van der Waals surface area contributed by atoms with E-state index in [1.54, 1.807) is 0 Å². The van der Waals surface area contributed by atoms with Crippen molar-refractivity contribution in [2.24, 2.45) is 0 Å². The van der Waals surface area contributed by atoms with E-state index in [4.69, 9.17) is 5.26 Å². The number of nitriles is 1. The molecule has 0 aliphatic rings. The standard InChI is InChI=1S/C11H19N/c1-3-5-6-7-9-11(10-12)8-4-2/h8H,3-7,9H2,1-2H3. The molecular weight excluding hydrogens is 146 g/mol. The molecule has 68 valence electrons. The van der Waals surface area contributed by atoms with E-state index in [0.717, 1.165) is 18.4 Å². The summed E-state index contributed by atoms with van der Waals surface area (Å²) in [6.07, 6.45) is 8.99. The van der Waals surface area contributed by atoms with Gasteiger partial charge >= 0.3 is 0 Å². The fourth-order valence-electron chi connectivity index (χ4n) is 1.19. The van der Waals surface area contributed by atoms with Crippen LogP contribution in [0.4, 0.5) is 0 Å². The van der Waals surface area contributed by atoms with Crippen LogP contribution in [0.5, 0.6) is 0 Å². The molecule has 0 rings (SSSR count). The van der Waals surface area contributed by atoms with Crippen LogP contribution >= 0.6 is 0 Å². The molecule has 0 fully saturated rings. The zero-order chi connectivity index (χ0) is 9.23. The lowest BCUT2D eigenvalue weighted by Crippen LogP contribution is -1.81. The predicted octanol–water partition coefficient (Wildman–Crippen LogP) is 3.82. The first kappa shape index (κ1) is 11.2. The molecule has 0 aromatic heterocycles. The zero-order valence-electron chi connectivity index (χ0n) is 8.27. The molecule has 0 amide bonds. The van der Waals surface area contributed by atoms with Gasteiger partial charge in [-0.1, -0.05) is 39.2 Å². The van der Waals surface area contributed by atoms with Crippen molar-refractivity contribution in [2.45, 2.75) is 52.4 Å². The summed E-state index contributed by atoms with van der Waals surface area (Å²) in [5.41, 5.74) is 0.966. The van der Waals surface area contributed by atoms with Crippen molar-refractivity contribution in [3.8, 4) is 6.07 Å². The topological polar surface area (TPSA) is 23.8 Å². The van der Waals surface area contributed by atoms with Crippen LogP contribution in [0.3, 0.4) is 0 Å². The SMILES string of the molecule is CCC=C(C#N)CCCCCC. The van der Waals surface area contributed by atoms with E-state index >= 15 is 0 Å². The van der Waals surface area contributed by atoms with Gasteiger partial charge in [-0.05, 0) is 19.3 Å². The Hall–Kier alpha value is -0.770. The first-order valence-electron chi connectivity index (χ1n) is 4.94. The highest BCUT2D eigenvalue weighted by Gasteiger charge is 1.93. The molecule has 0 saturated heterocycles. The maximum Gasteiger partial charge on any atom is 0.0943 e. The molecule has 0 radical (unpaired) electrons. The molecule has 0 bridgehead atoms. The maximum absolute atomic E-state index is 8.70. The van der Waals surface area contributed by atoms with Crippen molar-refractivity contribution < 1.29 is 0 Å². The number of nitrogens with zero attached hydrogens (tertiary/aromatic N) is 1. The molecule has 0 saturated carbocycles. The highest BCUT2D eigenvalue weighted by Crippen LogP contribution is 2.09. The summed E-state index contributed by atoms with van der Waals surface area (Å²) in [5, 5.41) is 8.70. The summed E-state index contributed by atoms with van der Waals surface area (Å²) in [4.78, 5) is 0. The number of hydrogen-bond donors (Lipinski definition) is 0. The Bertz CT molecular complexity index is 162. The van der Waals surface area contributed by atoms with Gasteiger partial charge in [-0.15, -0.1) is 0 Å². The summed E-state index contributed by atoms with van der Waals surface area (Å²) in [6, 6.07) is 2.24. The van der Waals surface area contributed by atoms with E-state index in [2.05, 4.69) is 19.9 Å². The average molecular weight is 165 g/mol. The second-order valence-electron chi connectivity index (χ2n) is 3.06. The van der Waals surface area contributed by atoms with Crippen LogP contribution in [0, 0.1) is 11.3 Å². The lowest BCUT2D eigenvalue weighted by atomic mass is 10.1. The Balaban J connectivity index is 3.47. The van der Waals surface area contributed by atoms with Crippen LogP contribution in [0.2, 0.25) is 0 Å². The fraction of sp³-hybridized carbons (Fsp3) is 0.727. The van der Waals surface area contributed by atoms with E-state index < -0.39 is 0 Å². The quantitative estimate of drug-likeness (QED) is 0.433. The van der Waals surface area contributed by atoms with Gasteiger partial charge in [-0.25, -0.2) is 0 Å². The smallest absolute Gasteiger partial charge is 0.0943 e. The van der Waals surface area contributed by atoms with Gasteiger partial charge in [0.15, 0.2) is 0 Å². The summed E-state index contributed by atoms with van der Waals surface area (Å²) >= 11 is 0. The van der Waals surface area contributed by atoms with Gasteiger partial charge in [0.2, 0.25) is 0 Å². The highest BCUT2D eigenvalue weighted by atomic mass is 14.2. The van der Waals surface area contributed by atoms with Crippen molar-refractivity contribution in [3.63, 3.8) is 0 Å². The van der Waals surface area contributed by atoms with Gasteiger partial charge in [0, 0.05) is 5.57 Å². The van der Waals surface area contributed by atoms with Crippen LogP contribution in [0.15, 0.2) is 11.6 Å². The van der Waals surface area contributed by atoms with Gasteiger partial charge in [-0.2, -0.15) is 5.26 Å². The van der Waals surface area contributed by atoms with Crippen LogP contribution in [0.1, 0.15) is 52.4 Å². The van der Waals surface area contributed by atoms with Crippen LogP contribution in [-0.4, -0.2) is 0 Å². The molecule has 0 unspecified atom stereocenters. The minimum Gasteiger partial charge on any atom is -0.193 e. The van der Waals surface area contributed by atoms with Crippen molar-refractivity contribution in [2.75, 3.05) is 0 Å².